The maximum Gasteiger partial charge on any atom is 0.126 e. The molecule has 1 aliphatic heterocycles. The summed E-state index contributed by atoms with van der Waals surface area (Å²) in [5, 5.41) is 0. The van der Waals surface area contributed by atoms with E-state index in [1.54, 1.807) is 6.07 Å². The fourth-order valence-electron chi connectivity index (χ4n) is 1.72. The van der Waals surface area contributed by atoms with Gasteiger partial charge in [-0.2, -0.15) is 0 Å². The highest BCUT2D eigenvalue weighted by Crippen LogP contribution is 2.27. The predicted molar refractivity (Wildman–Crippen MR) is 49.8 cm³/mol. The Morgan fingerprint density at radius 1 is 1.38 bits per heavy atom. The highest BCUT2D eigenvalue weighted by atomic mass is 19.1. The lowest BCUT2D eigenvalue weighted by atomic mass is 9.91. The van der Waals surface area contributed by atoms with E-state index in [0.717, 1.165) is 18.7 Å². The van der Waals surface area contributed by atoms with Crippen LogP contribution < -0.4 is 5.73 Å². The number of hydrogen-bond donors (Lipinski definition) is 1. The van der Waals surface area contributed by atoms with Gasteiger partial charge in [0, 0.05) is 25.7 Å². The first-order chi connectivity index (χ1) is 6.31. The van der Waals surface area contributed by atoms with E-state index in [-0.39, 0.29) is 5.82 Å². The van der Waals surface area contributed by atoms with Crippen molar-refractivity contribution in [1.82, 2.24) is 4.90 Å². The predicted octanol–water partition coefficient (Wildman–Crippen LogP) is 1.14. The van der Waals surface area contributed by atoms with Crippen LogP contribution >= 0.6 is 0 Å². The van der Waals surface area contributed by atoms with E-state index in [0.29, 0.717) is 12.6 Å². The second-order valence-electron chi connectivity index (χ2n) is 3.44. The molecule has 0 bridgehead atoms. The van der Waals surface area contributed by atoms with E-state index in [2.05, 4.69) is 4.90 Å². The summed E-state index contributed by atoms with van der Waals surface area (Å²) in [4.78, 5) is 2.09. The summed E-state index contributed by atoms with van der Waals surface area (Å²) in [7, 11) is 0. The maximum atomic E-state index is 13.2. The number of rotatable bonds is 2. The second kappa shape index (κ2) is 3.44. The second-order valence-corrected chi connectivity index (χ2v) is 3.44. The van der Waals surface area contributed by atoms with Crippen LogP contribution in [0.5, 0.6) is 0 Å². The number of benzene rings is 1. The van der Waals surface area contributed by atoms with Crippen LogP contribution in [0, 0.1) is 5.82 Å². The van der Waals surface area contributed by atoms with Gasteiger partial charge in [-0.1, -0.05) is 18.2 Å². The SMILES string of the molecule is NCN1CC(c2ccccc2F)C1. The van der Waals surface area contributed by atoms with Gasteiger partial charge in [0.2, 0.25) is 0 Å². The molecule has 1 fully saturated rings. The first-order valence-electron chi connectivity index (χ1n) is 4.48. The summed E-state index contributed by atoms with van der Waals surface area (Å²) in [5.74, 6) is 0.244. The molecule has 0 saturated carbocycles. The number of halogens is 1. The maximum absolute atomic E-state index is 13.2. The molecule has 0 unspecified atom stereocenters. The topological polar surface area (TPSA) is 29.3 Å². The van der Waals surface area contributed by atoms with Crippen molar-refractivity contribution in [2.45, 2.75) is 5.92 Å². The lowest BCUT2D eigenvalue weighted by molar-refractivity contribution is 0.150. The fraction of sp³-hybridized carbons (Fsp3) is 0.400. The largest absolute Gasteiger partial charge is 0.318 e. The number of hydrogen-bond acceptors (Lipinski definition) is 2. The third kappa shape index (κ3) is 1.57. The molecule has 0 radical (unpaired) electrons. The molecule has 0 amide bonds. The van der Waals surface area contributed by atoms with E-state index < -0.39 is 0 Å². The van der Waals surface area contributed by atoms with Crippen molar-refractivity contribution in [1.29, 1.82) is 0 Å². The summed E-state index contributed by atoms with van der Waals surface area (Å²) in [6, 6.07) is 6.97. The molecular weight excluding hydrogens is 167 g/mol. The monoisotopic (exact) mass is 180 g/mol. The summed E-state index contributed by atoms with van der Waals surface area (Å²) < 4.78 is 13.2. The van der Waals surface area contributed by atoms with Gasteiger partial charge in [0.15, 0.2) is 0 Å². The van der Waals surface area contributed by atoms with Crippen LogP contribution in [0.1, 0.15) is 11.5 Å². The summed E-state index contributed by atoms with van der Waals surface area (Å²) in [6.45, 7) is 2.35. The minimum absolute atomic E-state index is 0.0934. The van der Waals surface area contributed by atoms with Gasteiger partial charge in [0.05, 0.1) is 0 Å². The van der Waals surface area contributed by atoms with Crippen molar-refractivity contribution in [3.63, 3.8) is 0 Å². The van der Waals surface area contributed by atoms with Crippen molar-refractivity contribution < 1.29 is 4.39 Å². The van der Waals surface area contributed by atoms with Crippen LogP contribution in [0.4, 0.5) is 4.39 Å². The Morgan fingerprint density at radius 3 is 2.69 bits per heavy atom. The smallest absolute Gasteiger partial charge is 0.126 e. The average Bonchev–Trinajstić information content (AvgIpc) is 2.06. The first kappa shape index (κ1) is 8.66. The van der Waals surface area contributed by atoms with Gasteiger partial charge < -0.3 is 5.73 Å². The van der Waals surface area contributed by atoms with Gasteiger partial charge >= 0.3 is 0 Å². The normalized spacial score (nSPS) is 18.6. The molecule has 0 aliphatic carbocycles. The van der Waals surface area contributed by atoms with Crippen molar-refractivity contribution in [2.75, 3.05) is 19.8 Å². The summed E-state index contributed by atoms with van der Waals surface area (Å²) in [5.41, 5.74) is 6.27. The van der Waals surface area contributed by atoms with E-state index in [1.807, 2.05) is 12.1 Å². The van der Waals surface area contributed by atoms with Crippen LogP contribution in [0.3, 0.4) is 0 Å². The Bertz CT molecular complexity index is 295. The van der Waals surface area contributed by atoms with Crippen molar-refractivity contribution >= 4 is 0 Å². The van der Waals surface area contributed by atoms with E-state index >= 15 is 0 Å². The molecule has 13 heavy (non-hydrogen) atoms. The minimum atomic E-state index is -0.0934. The molecular formula is C10H13FN2. The molecule has 2 nitrogen and oxygen atoms in total. The number of likely N-dealkylation sites (tertiary alicyclic amines) is 1. The standard InChI is InChI=1S/C10H13FN2/c11-10-4-2-1-3-9(10)8-5-13(6-8)7-12/h1-4,8H,5-7,12H2. The molecule has 1 heterocycles. The molecule has 0 spiro atoms. The van der Waals surface area contributed by atoms with E-state index in [1.165, 1.54) is 6.07 Å². The van der Waals surface area contributed by atoms with Gasteiger partial charge in [-0.15, -0.1) is 0 Å². The molecule has 2 rings (SSSR count). The average molecular weight is 180 g/mol. The molecule has 1 aliphatic rings. The molecule has 1 aromatic carbocycles. The Hall–Kier alpha value is -0.930. The lowest BCUT2D eigenvalue weighted by Crippen LogP contribution is -2.47. The van der Waals surface area contributed by atoms with Crippen molar-refractivity contribution in [3.8, 4) is 0 Å². The first-order valence-corrected chi connectivity index (χ1v) is 4.48. The van der Waals surface area contributed by atoms with E-state index in [4.69, 9.17) is 5.73 Å². The quantitative estimate of drug-likeness (QED) is 0.739. The lowest BCUT2D eigenvalue weighted by Gasteiger charge is -2.38. The highest BCUT2D eigenvalue weighted by molar-refractivity contribution is 5.24. The molecule has 0 aromatic heterocycles. The number of nitrogens with two attached hydrogens (primary N) is 1. The third-order valence-corrected chi connectivity index (χ3v) is 2.56. The fourth-order valence-corrected chi connectivity index (χ4v) is 1.72. The van der Waals surface area contributed by atoms with Gasteiger partial charge in [0.1, 0.15) is 5.82 Å². The van der Waals surface area contributed by atoms with Crippen molar-refractivity contribution in [3.05, 3.63) is 35.6 Å². The van der Waals surface area contributed by atoms with Crippen LogP contribution in [0.15, 0.2) is 24.3 Å². The molecule has 2 N–H and O–H groups in total. The van der Waals surface area contributed by atoms with Gasteiger partial charge in [-0.05, 0) is 11.6 Å². The minimum Gasteiger partial charge on any atom is -0.318 e. The molecule has 0 atom stereocenters. The van der Waals surface area contributed by atoms with Crippen LogP contribution in [-0.2, 0) is 0 Å². The zero-order valence-electron chi connectivity index (χ0n) is 7.41. The third-order valence-electron chi connectivity index (χ3n) is 2.56. The Labute approximate surface area is 77.2 Å². The van der Waals surface area contributed by atoms with Crippen LogP contribution in [0.2, 0.25) is 0 Å². The summed E-state index contributed by atoms with van der Waals surface area (Å²) >= 11 is 0. The van der Waals surface area contributed by atoms with Crippen LogP contribution in [0.25, 0.3) is 0 Å². The molecule has 1 saturated heterocycles. The number of nitrogens with zero attached hydrogens (tertiary/aromatic N) is 1. The molecule has 1 aromatic rings. The van der Waals surface area contributed by atoms with Gasteiger partial charge in [-0.25, -0.2) is 4.39 Å². The summed E-state index contributed by atoms with van der Waals surface area (Å²) in [6.07, 6.45) is 0. The Kier molecular flexibility index (Phi) is 2.29. The molecule has 70 valence electrons. The van der Waals surface area contributed by atoms with Crippen molar-refractivity contribution in [2.24, 2.45) is 5.73 Å². The zero-order chi connectivity index (χ0) is 9.26. The van der Waals surface area contributed by atoms with Gasteiger partial charge in [0.25, 0.3) is 0 Å². The highest BCUT2D eigenvalue weighted by Gasteiger charge is 2.28. The molecule has 3 heteroatoms. The van der Waals surface area contributed by atoms with E-state index in [9.17, 15) is 4.39 Å². The Morgan fingerprint density at radius 2 is 2.08 bits per heavy atom. The van der Waals surface area contributed by atoms with Gasteiger partial charge in [-0.3, -0.25) is 4.90 Å². The van der Waals surface area contributed by atoms with Crippen LogP contribution in [-0.4, -0.2) is 24.7 Å². The Balaban J connectivity index is 2.07. The zero-order valence-corrected chi connectivity index (χ0v) is 7.41.